The Kier molecular flexibility index (Phi) is 7.92. The molecule has 10 aromatic carbocycles. The molecule has 2 heteroatoms. The topological polar surface area (TPSA) is 8.17 Å². The monoisotopic (exact) mass is 778 g/mol. The summed E-state index contributed by atoms with van der Waals surface area (Å²) in [5, 5.41) is 7.54. The highest BCUT2D eigenvalue weighted by molar-refractivity contribution is 6.12. The zero-order valence-corrected chi connectivity index (χ0v) is 34.2. The second-order valence-electron chi connectivity index (χ2n) is 16.9. The average Bonchev–Trinajstić information content (AvgIpc) is 3.78. The molecule has 0 fully saturated rings. The molecule has 11 aromatic rings. The van der Waals surface area contributed by atoms with Gasteiger partial charge >= 0.3 is 0 Å². The summed E-state index contributed by atoms with van der Waals surface area (Å²) in [4.78, 5) is 2.45. The van der Waals surface area contributed by atoms with Crippen LogP contribution >= 0.6 is 0 Å². The number of benzene rings is 10. The van der Waals surface area contributed by atoms with E-state index in [1.54, 1.807) is 0 Å². The van der Waals surface area contributed by atoms with Crippen LogP contribution in [0.3, 0.4) is 0 Å². The van der Waals surface area contributed by atoms with Crippen LogP contribution in [0.5, 0.6) is 0 Å². The maximum Gasteiger partial charge on any atom is 0.0702 e. The predicted molar refractivity (Wildman–Crippen MR) is 259 cm³/mol. The normalized spacial score (nSPS) is 12.9. The molecule has 0 aliphatic heterocycles. The van der Waals surface area contributed by atoms with E-state index in [1.807, 2.05) is 0 Å². The fourth-order valence-corrected chi connectivity index (χ4v) is 10.4. The number of rotatable bonds is 6. The van der Waals surface area contributed by atoms with Crippen molar-refractivity contribution in [3.8, 4) is 39.1 Å². The number of para-hydroxylation sites is 4. The van der Waals surface area contributed by atoms with Gasteiger partial charge in [-0.3, -0.25) is 0 Å². The van der Waals surface area contributed by atoms with Gasteiger partial charge in [0.2, 0.25) is 0 Å². The lowest BCUT2D eigenvalue weighted by Gasteiger charge is -2.29. The van der Waals surface area contributed by atoms with Crippen molar-refractivity contribution in [2.24, 2.45) is 0 Å². The Morgan fingerprint density at radius 1 is 0.377 bits per heavy atom. The number of aromatic nitrogens is 1. The van der Waals surface area contributed by atoms with Gasteiger partial charge in [0.25, 0.3) is 0 Å². The summed E-state index contributed by atoms with van der Waals surface area (Å²) in [6, 6.07) is 80.4. The summed E-state index contributed by atoms with van der Waals surface area (Å²) in [6.45, 7) is 4.74. The zero-order chi connectivity index (χ0) is 40.7. The van der Waals surface area contributed by atoms with Crippen molar-refractivity contribution in [3.63, 3.8) is 0 Å². The molecule has 12 rings (SSSR count). The van der Waals surface area contributed by atoms with Gasteiger partial charge in [0.1, 0.15) is 0 Å². The smallest absolute Gasteiger partial charge is 0.0702 e. The maximum absolute atomic E-state index is 2.45. The van der Waals surface area contributed by atoms with Crippen molar-refractivity contribution in [2.75, 3.05) is 4.90 Å². The van der Waals surface area contributed by atoms with Crippen molar-refractivity contribution >= 4 is 60.4 Å². The number of anilines is 3. The molecular formula is C59H42N2. The molecule has 0 saturated carbocycles. The fourth-order valence-electron chi connectivity index (χ4n) is 10.4. The highest BCUT2D eigenvalue weighted by atomic mass is 15.2. The second kappa shape index (κ2) is 13.7. The van der Waals surface area contributed by atoms with E-state index < -0.39 is 0 Å². The highest BCUT2D eigenvalue weighted by Crippen LogP contribution is 2.52. The molecule has 1 aliphatic carbocycles. The van der Waals surface area contributed by atoms with Gasteiger partial charge in [-0.1, -0.05) is 184 Å². The molecule has 0 atom stereocenters. The number of nitrogens with zero attached hydrogens (tertiary/aromatic N) is 2. The average molecular weight is 779 g/mol. The van der Waals surface area contributed by atoms with Gasteiger partial charge in [0, 0.05) is 27.6 Å². The van der Waals surface area contributed by atoms with Crippen molar-refractivity contribution in [1.29, 1.82) is 0 Å². The van der Waals surface area contributed by atoms with E-state index in [4.69, 9.17) is 0 Å². The van der Waals surface area contributed by atoms with Gasteiger partial charge in [-0.05, 0) is 115 Å². The first-order valence-electron chi connectivity index (χ1n) is 21.3. The number of hydrogen-bond acceptors (Lipinski definition) is 1. The van der Waals surface area contributed by atoms with Gasteiger partial charge in [-0.15, -0.1) is 0 Å². The lowest BCUT2D eigenvalue weighted by atomic mass is 9.79. The quantitative estimate of drug-likeness (QED) is 0.153. The molecule has 1 heterocycles. The predicted octanol–water partition coefficient (Wildman–Crippen LogP) is 16.2. The molecule has 0 bridgehead atoms. The third kappa shape index (κ3) is 5.42. The van der Waals surface area contributed by atoms with Crippen molar-refractivity contribution in [2.45, 2.75) is 19.3 Å². The molecule has 288 valence electrons. The molecule has 0 unspecified atom stereocenters. The minimum atomic E-state index is -0.108. The minimum absolute atomic E-state index is 0.108. The summed E-state index contributed by atoms with van der Waals surface area (Å²) < 4.78 is 2.44. The van der Waals surface area contributed by atoms with E-state index in [-0.39, 0.29) is 5.41 Å². The molecule has 2 nitrogen and oxygen atoms in total. The summed E-state index contributed by atoms with van der Waals surface area (Å²) in [7, 11) is 0. The molecule has 0 radical (unpaired) electrons. The summed E-state index contributed by atoms with van der Waals surface area (Å²) in [5.41, 5.74) is 17.0. The summed E-state index contributed by atoms with van der Waals surface area (Å²) >= 11 is 0. The first kappa shape index (κ1) is 35.3. The van der Waals surface area contributed by atoms with E-state index in [1.165, 1.54) is 87.9 Å². The van der Waals surface area contributed by atoms with Crippen LogP contribution in [0.15, 0.2) is 218 Å². The van der Waals surface area contributed by atoms with E-state index in [0.29, 0.717) is 0 Å². The van der Waals surface area contributed by atoms with Crippen LogP contribution in [-0.4, -0.2) is 4.57 Å². The summed E-state index contributed by atoms with van der Waals surface area (Å²) in [5.74, 6) is 0. The van der Waals surface area contributed by atoms with Crippen molar-refractivity contribution in [3.05, 3.63) is 230 Å². The number of hydrogen-bond donors (Lipinski definition) is 0. The Balaban J connectivity index is 1.06. The van der Waals surface area contributed by atoms with Gasteiger partial charge in [0.05, 0.1) is 22.4 Å². The molecule has 61 heavy (non-hydrogen) atoms. The minimum Gasteiger partial charge on any atom is -0.308 e. The van der Waals surface area contributed by atoms with Crippen LogP contribution in [0.2, 0.25) is 0 Å². The van der Waals surface area contributed by atoms with Crippen LogP contribution in [0.4, 0.5) is 17.1 Å². The third-order valence-corrected chi connectivity index (χ3v) is 13.2. The largest absolute Gasteiger partial charge is 0.308 e. The van der Waals surface area contributed by atoms with Crippen LogP contribution in [0.1, 0.15) is 25.0 Å². The van der Waals surface area contributed by atoms with Gasteiger partial charge in [0.15, 0.2) is 0 Å². The molecule has 0 saturated heterocycles. The molecule has 1 aliphatic rings. The zero-order valence-electron chi connectivity index (χ0n) is 34.2. The lowest BCUT2D eigenvalue weighted by Crippen LogP contribution is -2.16. The second-order valence-corrected chi connectivity index (χ2v) is 16.9. The van der Waals surface area contributed by atoms with Gasteiger partial charge in [-0.2, -0.15) is 0 Å². The van der Waals surface area contributed by atoms with Crippen LogP contribution < -0.4 is 4.90 Å². The molecule has 0 amide bonds. The van der Waals surface area contributed by atoms with Gasteiger partial charge < -0.3 is 9.47 Å². The van der Waals surface area contributed by atoms with Crippen molar-refractivity contribution in [1.82, 2.24) is 4.57 Å². The lowest BCUT2D eigenvalue weighted by molar-refractivity contribution is 0.662. The van der Waals surface area contributed by atoms with E-state index in [9.17, 15) is 0 Å². The summed E-state index contributed by atoms with van der Waals surface area (Å²) in [6.07, 6.45) is 0. The van der Waals surface area contributed by atoms with E-state index in [0.717, 1.165) is 22.7 Å². The van der Waals surface area contributed by atoms with Crippen LogP contribution in [0, 0.1) is 0 Å². The molecule has 0 N–H and O–H groups in total. The van der Waals surface area contributed by atoms with Crippen LogP contribution in [-0.2, 0) is 5.41 Å². The number of fused-ring (bicyclic) bond motifs is 9. The first-order chi connectivity index (χ1) is 30.0. The first-order valence-corrected chi connectivity index (χ1v) is 21.3. The SMILES string of the molecule is CC1(C)c2ccccc2-c2cccc(-c3ccc(N(c4cccc(-c5cccc6c5ccc5ccccc56)c4)c4ccccc4-n4c5ccccc5c5ccccc54)cc3)c21. The van der Waals surface area contributed by atoms with Crippen molar-refractivity contribution < 1.29 is 0 Å². The Bertz CT molecular complexity index is 3460. The Labute approximate surface area is 356 Å². The fraction of sp³-hybridized carbons (Fsp3) is 0.0508. The molecular weight excluding hydrogens is 737 g/mol. The highest BCUT2D eigenvalue weighted by Gasteiger charge is 2.37. The Morgan fingerprint density at radius 2 is 0.984 bits per heavy atom. The molecule has 1 aromatic heterocycles. The van der Waals surface area contributed by atoms with Crippen LogP contribution in [0.25, 0.3) is 82.4 Å². The third-order valence-electron chi connectivity index (χ3n) is 13.2. The van der Waals surface area contributed by atoms with E-state index >= 15 is 0 Å². The maximum atomic E-state index is 2.45. The molecule has 0 spiro atoms. The standard InChI is InChI=1S/C59H42N2/c1-59(2)53-27-8-5-20-49(53)52-26-15-24-46(58(52)59)40-32-35-42(36-33-40)60(56-30-11-12-31-57(56)61-54-28-9-6-21-50(54)51-22-7-10-29-55(51)61)43-18-13-17-41(38-43)45-23-14-25-47-44-19-4-3-16-39(44)34-37-48(45)47/h3-38H,1-2H3. The van der Waals surface area contributed by atoms with E-state index in [2.05, 4.69) is 242 Å². The Hall–Kier alpha value is -7.68. The van der Waals surface area contributed by atoms with Gasteiger partial charge in [-0.25, -0.2) is 0 Å². The Morgan fingerprint density at radius 3 is 1.80 bits per heavy atom.